The van der Waals surface area contributed by atoms with Gasteiger partial charge >= 0.3 is 5.97 Å². The Balaban J connectivity index is 2.25. The largest absolute Gasteiger partial charge is 0.481 e. The Morgan fingerprint density at radius 1 is 1.23 bits per heavy atom. The summed E-state index contributed by atoms with van der Waals surface area (Å²) in [6.45, 7) is 4.66. The minimum Gasteiger partial charge on any atom is -0.481 e. The topological polar surface area (TPSA) is 70.8 Å². The quantitative estimate of drug-likeness (QED) is 0.890. The van der Waals surface area contributed by atoms with Gasteiger partial charge in [0.2, 0.25) is 0 Å². The summed E-state index contributed by atoms with van der Waals surface area (Å²) in [6.07, 6.45) is 1.14. The smallest absolute Gasteiger partial charge is 0.311 e. The second kappa shape index (κ2) is 6.93. The van der Waals surface area contributed by atoms with Crippen molar-refractivity contribution in [2.24, 2.45) is 0 Å². The van der Waals surface area contributed by atoms with E-state index in [0.29, 0.717) is 24.2 Å². The van der Waals surface area contributed by atoms with Gasteiger partial charge in [0.1, 0.15) is 12.2 Å². The van der Waals surface area contributed by atoms with Crippen LogP contribution in [0.4, 0.5) is 0 Å². The third-order valence-corrected chi connectivity index (χ3v) is 3.46. The molecule has 0 saturated heterocycles. The van der Waals surface area contributed by atoms with Gasteiger partial charge in [-0.1, -0.05) is 30.3 Å². The molecule has 0 fully saturated rings. The number of amides is 1. The van der Waals surface area contributed by atoms with Crippen molar-refractivity contribution in [3.63, 3.8) is 0 Å². The van der Waals surface area contributed by atoms with Gasteiger partial charge in [-0.25, -0.2) is 0 Å². The van der Waals surface area contributed by atoms with Gasteiger partial charge in [0.25, 0.3) is 5.91 Å². The van der Waals surface area contributed by atoms with E-state index in [-0.39, 0.29) is 18.1 Å². The minimum absolute atomic E-state index is 0.200. The normalized spacial score (nSPS) is 10.5. The fraction of sp³-hybridized carbons (Fsp3) is 0.294. The standard InChI is InChI=1S/C17H19NO4/c1-3-18(10-13-7-5-4-6-8-13)17(21)16-12(2)11-22-14(16)9-15(19)20/h4-8,11H,3,9-10H2,1-2H3,(H,19,20). The maximum absolute atomic E-state index is 12.7. The lowest BCUT2D eigenvalue weighted by molar-refractivity contribution is -0.136. The number of aliphatic carboxylic acids is 1. The zero-order valence-corrected chi connectivity index (χ0v) is 12.7. The molecule has 0 spiro atoms. The molecule has 0 saturated carbocycles. The first-order valence-corrected chi connectivity index (χ1v) is 7.14. The van der Waals surface area contributed by atoms with Gasteiger partial charge in [0, 0.05) is 18.7 Å². The molecule has 0 radical (unpaired) electrons. The zero-order valence-electron chi connectivity index (χ0n) is 12.7. The maximum atomic E-state index is 12.7. The molecule has 5 heteroatoms. The Morgan fingerprint density at radius 2 is 1.91 bits per heavy atom. The molecule has 1 N–H and O–H groups in total. The number of aryl methyl sites for hydroxylation is 1. The number of furan rings is 1. The molecule has 2 aromatic rings. The average Bonchev–Trinajstić information content (AvgIpc) is 2.85. The summed E-state index contributed by atoms with van der Waals surface area (Å²) in [7, 11) is 0. The highest BCUT2D eigenvalue weighted by Gasteiger charge is 2.24. The Bertz CT molecular complexity index is 661. The number of nitrogens with zero attached hydrogens (tertiary/aromatic N) is 1. The number of hydrogen-bond donors (Lipinski definition) is 1. The van der Waals surface area contributed by atoms with Crippen LogP contribution in [-0.2, 0) is 17.8 Å². The summed E-state index contributed by atoms with van der Waals surface area (Å²) in [4.78, 5) is 25.3. The second-order valence-electron chi connectivity index (χ2n) is 5.09. The summed E-state index contributed by atoms with van der Waals surface area (Å²) >= 11 is 0. The Labute approximate surface area is 129 Å². The van der Waals surface area contributed by atoms with Gasteiger partial charge in [0.05, 0.1) is 11.8 Å². The average molecular weight is 301 g/mol. The SMILES string of the molecule is CCN(Cc1ccccc1)C(=O)c1c(C)coc1CC(=O)O. The van der Waals surface area contributed by atoms with Crippen LogP contribution in [-0.4, -0.2) is 28.4 Å². The van der Waals surface area contributed by atoms with Crippen LogP contribution in [0.25, 0.3) is 0 Å². The minimum atomic E-state index is -1.02. The molecule has 5 nitrogen and oxygen atoms in total. The van der Waals surface area contributed by atoms with Crippen LogP contribution in [0.3, 0.4) is 0 Å². The highest BCUT2D eigenvalue weighted by Crippen LogP contribution is 2.20. The Kier molecular flexibility index (Phi) is 4.99. The van der Waals surface area contributed by atoms with E-state index in [9.17, 15) is 9.59 Å². The van der Waals surface area contributed by atoms with E-state index >= 15 is 0 Å². The molecule has 0 aliphatic rings. The molecule has 116 valence electrons. The number of carbonyl (C=O) groups excluding carboxylic acids is 1. The van der Waals surface area contributed by atoms with Crippen LogP contribution < -0.4 is 0 Å². The van der Waals surface area contributed by atoms with E-state index in [2.05, 4.69) is 0 Å². The van der Waals surface area contributed by atoms with Crippen LogP contribution in [0.5, 0.6) is 0 Å². The molecule has 1 aromatic carbocycles. The highest BCUT2D eigenvalue weighted by atomic mass is 16.4. The predicted octanol–water partition coefficient (Wildman–Crippen LogP) is 2.88. The van der Waals surface area contributed by atoms with Gasteiger partial charge in [-0.05, 0) is 19.4 Å². The van der Waals surface area contributed by atoms with Crippen molar-refractivity contribution in [3.8, 4) is 0 Å². The summed E-state index contributed by atoms with van der Waals surface area (Å²) in [6, 6.07) is 9.68. The van der Waals surface area contributed by atoms with E-state index in [1.807, 2.05) is 37.3 Å². The first-order valence-electron chi connectivity index (χ1n) is 7.14. The van der Waals surface area contributed by atoms with Crippen molar-refractivity contribution in [1.29, 1.82) is 0 Å². The number of carboxylic acids is 1. The van der Waals surface area contributed by atoms with Gasteiger partial charge < -0.3 is 14.4 Å². The fourth-order valence-corrected chi connectivity index (χ4v) is 2.34. The first-order chi connectivity index (χ1) is 10.5. The molecule has 1 aromatic heterocycles. The molecule has 22 heavy (non-hydrogen) atoms. The summed E-state index contributed by atoms with van der Waals surface area (Å²) in [5, 5.41) is 8.93. The van der Waals surface area contributed by atoms with Crippen molar-refractivity contribution >= 4 is 11.9 Å². The molecule has 1 heterocycles. The van der Waals surface area contributed by atoms with Crippen LogP contribution in [0.1, 0.15) is 34.2 Å². The molecule has 2 rings (SSSR count). The lowest BCUT2D eigenvalue weighted by Crippen LogP contribution is -2.31. The lowest BCUT2D eigenvalue weighted by atomic mass is 10.1. The number of rotatable bonds is 6. The van der Waals surface area contributed by atoms with E-state index in [0.717, 1.165) is 5.56 Å². The second-order valence-corrected chi connectivity index (χ2v) is 5.09. The van der Waals surface area contributed by atoms with Crippen LogP contribution in [0, 0.1) is 6.92 Å². The van der Waals surface area contributed by atoms with E-state index in [1.165, 1.54) is 6.26 Å². The first kappa shape index (κ1) is 15.8. The van der Waals surface area contributed by atoms with Crippen molar-refractivity contribution in [2.45, 2.75) is 26.8 Å². The predicted molar refractivity (Wildman–Crippen MR) is 81.6 cm³/mol. The highest BCUT2D eigenvalue weighted by molar-refractivity contribution is 5.97. The van der Waals surface area contributed by atoms with E-state index in [1.54, 1.807) is 11.8 Å². The van der Waals surface area contributed by atoms with Crippen molar-refractivity contribution in [1.82, 2.24) is 4.90 Å². The summed E-state index contributed by atoms with van der Waals surface area (Å²) < 4.78 is 5.24. The third-order valence-electron chi connectivity index (χ3n) is 3.46. The van der Waals surface area contributed by atoms with Crippen molar-refractivity contribution in [2.75, 3.05) is 6.54 Å². The van der Waals surface area contributed by atoms with Gasteiger partial charge in [-0.15, -0.1) is 0 Å². The van der Waals surface area contributed by atoms with Crippen LogP contribution in [0.15, 0.2) is 41.0 Å². The molecule has 0 unspecified atom stereocenters. The molecule has 1 amide bonds. The van der Waals surface area contributed by atoms with Gasteiger partial charge in [-0.2, -0.15) is 0 Å². The summed E-state index contributed by atoms with van der Waals surface area (Å²) in [5.41, 5.74) is 2.05. The lowest BCUT2D eigenvalue weighted by Gasteiger charge is -2.21. The molecular weight excluding hydrogens is 282 g/mol. The fourth-order valence-electron chi connectivity index (χ4n) is 2.34. The molecule has 0 atom stereocenters. The zero-order chi connectivity index (χ0) is 16.1. The van der Waals surface area contributed by atoms with Crippen LogP contribution >= 0.6 is 0 Å². The molecular formula is C17H19NO4. The molecule has 0 aliphatic heterocycles. The van der Waals surface area contributed by atoms with Gasteiger partial charge in [-0.3, -0.25) is 9.59 Å². The van der Waals surface area contributed by atoms with E-state index in [4.69, 9.17) is 9.52 Å². The van der Waals surface area contributed by atoms with Gasteiger partial charge in [0.15, 0.2) is 0 Å². The van der Waals surface area contributed by atoms with E-state index < -0.39 is 5.97 Å². The number of carbonyl (C=O) groups is 2. The van der Waals surface area contributed by atoms with Crippen molar-refractivity contribution in [3.05, 3.63) is 59.0 Å². The third kappa shape index (κ3) is 3.55. The van der Waals surface area contributed by atoms with Crippen LogP contribution in [0.2, 0.25) is 0 Å². The molecule has 0 aliphatic carbocycles. The summed E-state index contributed by atoms with van der Waals surface area (Å²) in [5.74, 6) is -1.01. The maximum Gasteiger partial charge on any atom is 0.311 e. The Hall–Kier alpha value is -2.56. The number of carboxylic acid groups (broad SMARTS) is 1. The molecule has 0 bridgehead atoms. The van der Waals surface area contributed by atoms with Crippen molar-refractivity contribution < 1.29 is 19.1 Å². The monoisotopic (exact) mass is 301 g/mol. The number of hydrogen-bond acceptors (Lipinski definition) is 3. The number of benzene rings is 1. The Morgan fingerprint density at radius 3 is 2.50 bits per heavy atom.